The van der Waals surface area contributed by atoms with Gasteiger partial charge in [-0.2, -0.15) is 0 Å². The number of aryl methyl sites for hydroxylation is 2. The topological polar surface area (TPSA) is 47.1 Å². The summed E-state index contributed by atoms with van der Waals surface area (Å²) in [6.07, 6.45) is 3.68. The van der Waals surface area contributed by atoms with E-state index in [1.807, 2.05) is 17.8 Å². The Bertz CT molecular complexity index is 501. The van der Waals surface area contributed by atoms with Gasteiger partial charge in [-0.05, 0) is 19.1 Å². The minimum atomic E-state index is 0.139. The summed E-state index contributed by atoms with van der Waals surface area (Å²) in [6.45, 7) is 2.65. The lowest BCUT2D eigenvalue weighted by Gasteiger charge is -2.29. The first-order valence-corrected chi connectivity index (χ1v) is 6.09. The third-order valence-electron chi connectivity index (χ3n) is 3.33. The van der Waals surface area contributed by atoms with Gasteiger partial charge in [-0.15, -0.1) is 0 Å². The van der Waals surface area contributed by atoms with Gasteiger partial charge in [0.15, 0.2) is 0 Å². The SMILES string of the molecule is Cc1ccc(N(C)C(CN)c2cncn2C)cc1. The van der Waals surface area contributed by atoms with Crippen molar-refractivity contribution >= 4 is 5.69 Å². The molecule has 0 saturated carbocycles. The maximum Gasteiger partial charge on any atom is 0.0946 e. The molecule has 0 aliphatic heterocycles. The highest BCUT2D eigenvalue weighted by molar-refractivity contribution is 5.48. The van der Waals surface area contributed by atoms with Gasteiger partial charge < -0.3 is 15.2 Å². The number of imidazole rings is 1. The molecule has 0 saturated heterocycles. The number of likely N-dealkylation sites (N-methyl/N-ethyl adjacent to an activating group) is 1. The molecule has 1 atom stereocenters. The van der Waals surface area contributed by atoms with Crippen molar-refractivity contribution in [2.45, 2.75) is 13.0 Å². The summed E-state index contributed by atoms with van der Waals surface area (Å²) in [5.41, 5.74) is 9.47. The van der Waals surface area contributed by atoms with Crippen LogP contribution >= 0.6 is 0 Å². The van der Waals surface area contributed by atoms with E-state index in [9.17, 15) is 0 Å². The molecule has 0 fully saturated rings. The molecule has 1 aromatic heterocycles. The average Bonchev–Trinajstić information content (AvgIpc) is 2.78. The van der Waals surface area contributed by atoms with Crippen molar-refractivity contribution in [2.24, 2.45) is 12.8 Å². The van der Waals surface area contributed by atoms with Crippen LogP contribution in [0.2, 0.25) is 0 Å². The molecule has 2 aromatic rings. The number of benzene rings is 1. The summed E-state index contributed by atoms with van der Waals surface area (Å²) in [6, 6.07) is 8.61. The van der Waals surface area contributed by atoms with Gasteiger partial charge in [0.05, 0.1) is 24.3 Å². The van der Waals surface area contributed by atoms with Gasteiger partial charge >= 0.3 is 0 Å². The molecular weight excluding hydrogens is 224 g/mol. The van der Waals surface area contributed by atoms with E-state index in [1.165, 1.54) is 5.56 Å². The minimum absolute atomic E-state index is 0.139. The normalized spacial score (nSPS) is 12.4. The van der Waals surface area contributed by atoms with Gasteiger partial charge in [0.1, 0.15) is 0 Å². The van der Waals surface area contributed by atoms with Gasteiger partial charge in [-0.3, -0.25) is 0 Å². The third kappa shape index (κ3) is 2.38. The molecule has 0 radical (unpaired) electrons. The van der Waals surface area contributed by atoms with Crippen LogP contribution in [0.3, 0.4) is 0 Å². The number of rotatable bonds is 4. The first-order valence-electron chi connectivity index (χ1n) is 6.09. The van der Waals surface area contributed by atoms with Crippen LogP contribution < -0.4 is 10.6 Å². The van der Waals surface area contributed by atoms with Crippen LogP contribution in [0.25, 0.3) is 0 Å². The van der Waals surface area contributed by atoms with Crippen molar-refractivity contribution in [1.29, 1.82) is 0 Å². The van der Waals surface area contributed by atoms with Crippen LogP contribution in [0.1, 0.15) is 17.3 Å². The fraction of sp³-hybridized carbons (Fsp3) is 0.357. The lowest BCUT2D eigenvalue weighted by Crippen LogP contribution is -2.31. The lowest BCUT2D eigenvalue weighted by atomic mass is 10.1. The number of hydrogen-bond acceptors (Lipinski definition) is 3. The van der Waals surface area contributed by atoms with E-state index in [2.05, 4.69) is 48.1 Å². The molecule has 96 valence electrons. The van der Waals surface area contributed by atoms with Gasteiger partial charge in [-0.25, -0.2) is 4.98 Å². The average molecular weight is 244 g/mol. The van der Waals surface area contributed by atoms with Crippen LogP contribution in [0.15, 0.2) is 36.8 Å². The van der Waals surface area contributed by atoms with Crippen LogP contribution in [0, 0.1) is 6.92 Å². The highest BCUT2D eigenvalue weighted by atomic mass is 15.2. The van der Waals surface area contributed by atoms with Crippen LogP contribution in [0.4, 0.5) is 5.69 Å². The molecule has 4 heteroatoms. The van der Waals surface area contributed by atoms with Crippen LogP contribution in [-0.2, 0) is 7.05 Å². The van der Waals surface area contributed by atoms with Crippen molar-refractivity contribution in [3.05, 3.63) is 48.0 Å². The zero-order chi connectivity index (χ0) is 13.1. The summed E-state index contributed by atoms with van der Waals surface area (Å²) < 4.78 is 2.02. The Morgan fingerprint density at radius 1 is 1.33 bits per heavy atom. The van der Waals surface area contributed by atoms with Crippen molar-refractivity contribution in [3.63, 3.8) is 0 Å². The summed E-state index contributed by atoms with van der Waals surface area (Å²) in [5.74, 6) is 0. The molecule has 0 aliphatic rings. The molecule has 1 heterocycles. The van der Waals surface area contributed by atoms with Crippen LogP contribution in [0.5, 0.6) is 0 Å². The van der Waals surface area contributed by atoms with Crippen LogP contribution in [-0.4, -0.2) is 23.1 Å². The Morgan fingerprint density at radius 3 is 2.50 bits per heavy atom. The van der Waals surface area contributed by atoms with E-state index >= 15 is 0 Å². The molecule has 2 N–H and O–H groups in total. The Hall–Kier alpha value is -1.81. The van der Waals surface area contributed by atoms with Gasteiger partial charge in [0, 0.05) is 26.3 Å². The molecule has 18 heavy (non-hydrogen) atoms. The largest absolute Gasteiger partial charge is 0.365 e. The summed E-state index contributed by atoms with van der Waals surface area (Å²) in [7, 11) is 4.06. The molecule has 2 rings (SSSR count). The summed E-state index contributed by atoms with van der Waals surface area (Å²) in [5, 5.41) is 0. The second-order valence-corrected chi connectivity index (χ2v) is 4.63. The maximum absolute atomic E-state index is 5.92. The molecule has 0 amide bonds. The van der Waals surface area contributed by atoms with Gasteiger partial charge in [-0.1, -0.05) is 17.7 Å². The van der Waals surface area contributed by atoms with E-state index < -0.39 is 0 Å². The number of hydrogen-bond donors (Lipinski definition) is 1. The Kier molecular flexibility index (Phi) is 3.67. The lowest BCUT2D eigenvalue weighted by molar-refractivity contribution is 0.629. The fourth-order valence-electron chi connectivity index (χ4n) is 2.13. The predicted octanol–water partition coefficient (Wildman–Crippen LogP) is 1.86. The predicted molar refractivity (Wildman–Crippen MR) is 74.6 cm³/mol. The number of nitrogens with zero attached hydrogens (tertiary/aromatic N) is 3. The molecule has 0 bridgehead atoms. The fourth-order valence-corrected chi connectivity index (χ4v) is 2.13. The van der Waals surface area contributed by atoms with Crippen molar-refractivity contribution < 1.29 is 0 Å². The molecule has 1 aromatic carbocycles. The summed E-state index contributed by atoms with van der Waals surface area (Å²) in [4.78, 5) is 6.35. The molecule has 4 nitrogen and oxygen atoms in total. The Balaban J connectivity index is 2.28. The van der Waals surface area contributed by atoms with E-state index in [4.69, 9.17) is 5.73 Å². The maximum atomic E-state index is 5.92. The Morgan fingerprint density at radius 2 is 2.00 bits per heavy atom. The zero-order valence-electron chi connectivity index (χ0n) is 11.2. The smallest absolute Gasteiger partial charge is 0.0946 e. The second kappa shape index (κ2) is 5.23. The monoisotopic (exact) mass is 244 g/mol. The quantitative estimate of drug-likeness (QED) is 0.893. The zero-order valence-corrected chi connectivity index (χ0v) is 11.2. The molecule has 1 unspecified atom stereocenters. The van der Waals surface area contributed by atoms with Crippen molar-refractivity contribution in [3.8, 4) is 0 Å². The first kappa shape index (κ1) is 12.6. The number of nitrogens with two attached hydrogens (primary N) is 1. The second-order valence-electron chi connectivity index (χ2n) is 4.63. The molecular formula is C14H20N4. The third-order valence-corrected chi connectivity index (χ3v) is 3.33. The Labute approximate surface area is 108 Å². The van der Waals surface area contributed by atoms with Gasteiger partial charge in [0.2, 0.25) is 0 Å². The molecule has 0 spiro atoms. The number of anilines is 1. The highest BCUT2D eigenvalue weighted by Crippen LogP contribution is 2.24. The van der Waals surface area contributed by atoms with E-state index in [0.717, 1.165) is 11.4 Å². The van der Waals surface area contributed by atoms with Gasteiger partial charge in [0.25, 0.3) is 0 Å². The van der Waals surface area contributed by atoms with E-state index in [-0.39, 0.29) is 6.04 Å². The van der Waals surface area contributed by atoms with E-state index in [0.29, 0.717) is 6.54 Å². The summed E-state index contributed by atoms with van der Waals surface area (Å²) >= 11 is 0. The standard InChI is InChI=1S/C14H20N4/c1-11-4-6-12(7-5-11)18(3)13(8-15)14-9-16-10-17(14)2/h4-7,9-10,13H,8,15H2,1-3H3. The number of aromatic nitrogens is 2. The van der Waals surface area contributed by atoms with Crippen molar-refractivity contribution in [1.82, 2.24) is 9.55 Å². The molecule has 0 aliphatic carbocycles. The first-order chi connectivity index (χ1) is 8.63. The highest BCUT2D eigenvalue weighted by Gasteiger charge is 2.18. The van der Waals surface area contributed by atoms with Crippen molar-refractivity contribution in [2.75, 3.05) is 18.5 Å². The van der Waals surface area contributed by atoms with E-state index in [1.54, 1.807) is 6.33 Å². The minimum Gasteiger partial charge on any atom is -0.365 e.